The average molecular weight is 293 g/mol. The number of benzene rings is 2. The highest BCUT2D eigenvalue weighted by molar-refractivity contribution is 7.09. The molecule has 21 heavy (non-hydrogen) atoms. The summed E-state index contributed by atoms with van der Waals surface area (Å²) >= 11 is 1.48. The highest BCUT2D eigenvalue weighted by atomic mass is 32.1. The molecule has 2 nitrogen and oxygen atoms in total. The Hall–Kier alpha value is -2.23. The molecule has 0 saturated carbocycles. The molecule has 0 radical (unpaired) electrons. The van der Waals surface area contributed by atoms with Gasteiger partial charge in [0.2, 0.25) is 0 Å². The number of rotatable bonds is 4. The molecule has 3 heteroatoms. The molecular formula is C18H15NOS. The first-order valence-corrected chi connectivity index (χ1v) is 7.62. The average Bonchev–Trinajstić information content (AvgIpc) is 3.03. The van der Waals surface area contributed by atoms with Crippen molar-refractivity contribution in [3.05, 3.63) is 87.9 Å². The number of hydrogen-bond acceptors (Lipinski definition) is 3. The van der Waals surface area contributed by atoms with Gasteiger partial charge in [-0.25, -0.2) is 4.98 Å². The van der Waals surface area contributed by atoms with Gasteiger partial charge < -0.3 is 5.11 Å². The number of aliphatic hydroxyl groups excluding tert-OH is 1. The van der Waals surface area contributed by atoms with E-state index < -0.39 is 6.10 Å². The Morgan fingerprint density at radius 1 is 0.905 bits per heavy atom. The van der Waals surface area contributed by atoms with Crippen LogP contribution in [0, 0.1) is 0 Å². The van der Waals surface area contributed by atoms with Crippen molar-refractivity contribution in [2.24, 2.45) is 0 Å². The molecule has 1 heterocycles. The Bertz CT molecular complexity index is 719. The minimum absolute atomic E-state index is 0.657. The van der Waals surface area contributed by atoms with Crippen molar-refractivity contribution in [2.75, 3.05) is 0 Å². The third-order valence-electron chi connectivity index (χ3n) is 3.14. The summed E-state index contributed by atoms with van der Waals surface area (Å²) in [5.74, 6) is 0. The summed E-state index contributed by atoms with van der Waals surface area (Å²) in [6.07, 6.45) is 3.33. The first kappa shape index (κ1) is 13.7. The van der Waals surface area contributed by atoms with Gasteiger partial charge in [-0.05, 0) is 17.2 Å². The smallest absolute Gasteiger partial charge is 0.131 e. The minimum atomic E-state index is -0.657. The minimum Gasteiger partial charge on any atom is -0.381 e. The largest absolute Gasteiger partial charge is 0.381 e. The Labute approximate surface area is 128 Å². The van der Waals surface area contributed by atoms with Crippen LogP contribution in [-0.2, 0) is 0 Å². The normalized spacial score (nSPS) is 12.6. The molecule has 0 aliphatic heterocycles. The second kappa shape index (κ2) is 6.48. The molecule has 0 aliphatic carbocycles. The van der Waals surface area contributed by atoms with Gasteiger partial charge in [-0.2, -0.15) is 0 Å². The summed E-state index contributed by atoms with van der Waals surface area (Å²) in [4.78, 5) is 4.48. The summed E-state index contributed by atoms with van der Waals surface area (Å²) in [6.45, 7) is 0. The fourth-order valence-electron chi connectivity index (χ4n) is 2.03. The van der Waals surface area contributed by atoms with Crippen LogP contribution >= 0.6 is 11.3 Å². The molecule has 0 bridgehead atoms. The van der Waals surface area contributed by atoms with E-state index in [0.29, 0.717) is 5.01 Å². The van der Waals surface area contributed by atoms with E-state index in [9.17, 15) is 5.11 Å². The first-order valence-electron chi connectivity index (χ1n) is 6.74. The molecule has 0 aliphatic rings. The summed E-state index contributed by atoms with van der Waals surface area (Å²) in [5.41, 5.74) is 2.87. The van der Waals surface area contributed by atoms with Crippen molar-refractivity contribution in [1.29, 1.82) is 0 Å². The highest BCUT2D eigenvalue weighted by Crippen LogP contribution is 2.25. The van der Waals surface area contributed by atoms with Crippen LogP contribution in [0.25, 0.3) is 12.2 Å². The van der Waals surface area contributed by atoms with Gasteiger partial charge in [0.15, 0.2) is 0 Å². The van der Waals surface area contributed by atoms with Crippen LogP contribution in [0.2, 0.25) is 0 Å². The summed E-state index contributed by atoms with van der Waals surface area (Å²) in [7, 11) is 0. The molecule has 3 rings (SSSR count). The molecule has 1 aromatic heterocycles. The van der Waals surface area contributed by atoms with E-state index in [2.05, 4.69) is 4.98 Å². The molecule has 104 valence electrons. The van der Waals surface area contributed by atoms with Gasteiger partial charge in [0, 0.05) is 5.38 Å². The lowest BCUT2D eigenvalue weighted by Gasteiger charge is -2.06. The number of thiazole rings is 1. The maximum absolute atomic E-state index is 10.3. The lowest BCUT2D eigenvalue weighted by molar-refractivity contribution is 0.219. The van der Waals surface area contributed by atoms with Crippen molar-refractivity contribution in [3.63, 3.8) is 0 Å². The van der Waals surface area contributed by atoms with E-state index in [-0.39, 0.29) is 0 Å². The summed E-state index contributed by atoms with van der Waals surface area (Å²) < 4.78 is 0. The van der Waals surface area contributed by atoms with E-state index >= 15 is 0 Å². The van der Waals surface area contributed by atoms with E-state index in [0.717, 1.165) is 16.8 Å². The van der Waals surface area contributed by atoms with Crippen LogP contribution in [0.1, 0.15) is 27.9 Å². The SMILES string of the molecule is OC(c1ccccc1)c1nc(/C=C/c2ccccc2)cs1. The van der Waals surface area contributed by atoms with Gasteiger partial charge in [-0.15, -0.1) is 11.3 Å². The molecule has 0 spiro atoms. The second-order valence-electron chi connectivity index (χ2n) is 4.67. The first-order chi connectivity index (χ1) is 10.3. The molecule has 3 aromatic rings. The van der Waals surface area contributed by atoms with Crippen LogP contribution in [-0.4, -0.2) is 10.1 Å². The predicted molar refractivity (Wildman–Crippen MR) is 88.0 cm³/mol. The number of aromatic nitrogens is 1. The van der Waals surface area contributed by atoms with Gasteiger partial charge in [0.05, 0.1) is 5.69 Å². The van der Waals surface area contributed by atoms with Crippen molar-refractivity contribution in [3.8, 4) is 0 Å². The molecule has 0 saturated heterocycles. The monoisotopic (exact) mass is 293 g/mol. The lowest BCUT2D eigenvalue weighted by atomic mass is 10.1. The molecule has 0 amide bonds. The third-order valence-corrected chi connectivity index (χ3v) is 4.05. The van der Waals surface area contributed by atoms with E-state index in [4.69, 9.17) is 0 Å². The maximum Gasteiger partial charge on any atom is 0.131 e. The van der Waals surface area contributed by atoms with Crippen molar-refractivity contribution >= 4 is 23.5 Å². The van der Waals surface area contributed by atoms with Crippen molar-refractivity contribution in [1.82, 2.24) is 4.98 Å². The molecule has 1 N–H and O–H groups in total. The van der Waals surface area contributed by atoms with Gasteiger partial charge in [-0.3, -0.25) is 0 Å². The Kier molecular flexibility index (Phi) is 4.24. The summed E-state index contributed by atoms with van der Waals surface area (Å²) in [5, 5.41) is 13.0. The van der Waals surface area contributed by atoms with Gasteiger partial charge in [0.25, 0.3) is 0 Å². The van der Waals surface area contributed by atoms with Gasteiger partial charge >= 0.3 is 0 Å². The number of hydrogen-bond donors (Lipinski definition) is 1. The van der Waals surface area contributed by atoms with Gasteiger partial charge in [-0.1, -0.05) is 66.7 Å². The van der Waals surface area contributed by atoms with E-state index in [1.165, 1.54) is 11.3 Å². The zero-order valence-electron chi connectivity index (χ0n) is 11.4. The molecule has 2 aromatic carbocycles. The second-order valence-corrected chi connectivity index (χ2v) is 5.56. The molecular weight excluding hydrogens is 278 g/mol. The van der Waals surface area contributed by atoms with Crippen molar-refractivity contribution in [2.45, 2.75) is 6.10 Å². The molecule has 0 fully saturated rings. The van der Waals surface area contributed by atoms with Crippen LogP contribution in [0.4, 0.5) is 0 Å². The molecule has 1 atom stereocenters. The van der Waals surface area contributed by atoms with Crippen LogP contribution in [0.5, 0.6) is 0 Å². The lowest BCUT2D eigenvalue weighted by Crippen LogP contribution is -1.98. The van der Waals surface area contributed by atoms with E-state index in [1.54, 1.807) is 0 Å². The summed E-state index contributed by atoms with van der Waals surface area (Å²) in [6, 6.07) is 19.7. The van der Waals surface area contributed by atoms with Gasteiger partial charge in [0.1, 0.15) is 11.1 Å². The standard InChI is InChI=1S/C18H15NOS/c20-17(15-9-5-2-6-10-15)18-19-16(13-21-18)12-11-14-7-3-1-4-8-14/h1-13,17,20H/b12-11+. The zero-order valence-corrected chi connectivity index (χ0v) is 12.2. The third kappa shape index (κ3) is 3.45. The van der Waals surface area contributed by atoms with Crippen LogP contribution in [0.3, 0.4) is 0 Å². The van der Waals surface area contributed by atoms with Crippen LogP contribution < -0.4 is 0 Å². The quantitative estimate of drug-likeness (QED) is 0.773. The predicted octanol–water partition coefficient (Wildman–Crippen LogP) is 4.40. The Morgan fingerprint density at radius 3 is 2.29 bits per heavy atom. The maximum atomic E-state index is 10.3. The van der Waals surface area contributed by atoms with Crippen molar-refractivity contribution < 1.29 is 5.11 Å². The fourth-order valence-corrected chi connectivity index (χ4v) is 2.82. The fraction of sp³-hybridized carbons (Fsp3) is 0.0556. The van der Waals surface area contributed by atoms with Crippen LogP contribution in [0.15, 0.2) is 66.0 Å². The Balaban J connectivity index is 1.76. The number of aliphatic hydroxyl groups is 1. The highest BCUT2D eigenvalue weighted by Gasteiger charge is 2.13. The van der Waals surface area contributed by atoms with E-state index in [1.807, 2.05) is 78.2 Å². The topological polar surface area (TPSA) is 33.1 Å². The molecule has 1 unspecified atom stereocenters. The Morgan fingerprint density at radius 2 is 1.57 bits per heavy atom. The zero-order chi connectivity index (χ0) is 14.5. The number of nitrogens with zero attached hydrogens (tertiary/aromatic N) is 1.